The van der Waals surface area contributed by atoms with Gasteiger partial charge in [0.05, 0.1) is 0 Å². The summed E-state index contributed by atoms with van der Waals surface area (Å²) < 4.78 is 12.5. The number of thiophene rings is 2. The highest BCUT2D eigenvalue weighted by Crippen LogP contribution is 2.66. The van der Waals surface area contributed by atoms with Gasteiger partial charge in [-0.2, -0.15) is 0 Å². The first-order valence-electron chi connectivity index (χ1n) is 23.1. The molecule has 15 rings (SSSR count). The number of nitrogens with zero attached hydrogens (tertiary/aromatic N) is 2. The molecule has 1 spiro atoms. The molecule has 3 nitrogen and oxygen atoms in total. The summed E-state index contributed by atoms with van der Waals surface area (Å²) in [5.41, 5.74) is 15.2. The quantitative estimate of drug-likeness (QED) is 0.166. The minimum Gasteiger partial charge on any atom is -0.459 e. The highest BCUT2D eigenvalue weighted by Gasteiger charge is 2.55. The number of hydrogen-bond donors (Lipinski definition) is 0. The van der Waals surface area contributed by atoms with Gasteiger partial charge in [0, 0.05) is 85.4 Å². The highest BCUT2D eigenvalue weighted by molar-refractivity contribution is 7.26. The minimum atomic E-state index is -0.757. The topological polar surface area (TPSA) is 19.6 Å². The molecule has 2 aliphatic rings. The van der Waals surface area contributed by atoms with E-state index in [1.807, 2.05) is 22.7 Å². The highest BCUT2D eigenvalue weighted by atomic mass is 32.1. The van der Waals surface area contributed by atoms with Crippen molar-refractivity contribution in [2.75, 3.05) is 9.80 Å². The second-order valence-electron chi connectivity index (χ2n) is 18.0. The van der Waals surface area contributed by atoms with Crippen LogP contribution in [0.15, 0.2) is 235 Å². The predicted molar refractivity (Wildman–Crippen MR) is 288 cm³/mol. The molecule has 0 saturated heterocycles. The third-order valence-electron chi connectivity index (χ3n) is 14.4. The summed E-state index contributed by atoms with van der Waals surface area (Å²) in [5.74, 6) is 0.976. The molecule has 3 aromatic heterocycles. The lowest BCUT2D eigenvalue weighted by atomic mass is 9.73. The van der Waals surface area contributed by atoms with E-state index in [0.717, 1.165) is 50.9 Å². The summed E-state index contributed by atoms with van der Waals surface area (Å²) in [6.45, 7) is 0. The molecule has 0 fully saturated rings. The first-order valence-corrected chi connectivity index (χ1v) is 24.8. The Labute approximate surface area is 400 Å². The van der Waals surface area contributed by atoms with Gasteiger partial charge in [-0.1, -0.05) is 127 Å². The fourth-order valence-electron chi connectivity index (χ4n) is 11.6. The van der Waals surface area contributed by atoms with Crippen molar-refractivity contribution in [2.45, 2.75) is 5.41 Å². The molecule has 0 bridgehead atoms. The Morgan fingerprint density at radius 3 is 1.37 bits per heavy atom. The number of fused-ring (bicyclic) bond motifs is 18. The van der Waals surface area contributed by atoms with Crippen molar-refractivity contribution >= 4 is 108 Å². The van der Waals surface area contributed by atoms with Crippen molar-refractivity contribution in [3.63, 3.8) is 0 Å². The molecule has 1 atom stereocenters. The standard InChI is InChI=1S/C63H38N2OS2/c1-3-15-39(16-4-1)64(41-29-33-59-51(35-41)47-20-9-13-25-57(47)67-59)43-27-31-46-45-19-7-11-23-53(45)63(54(46)37-43)55-38-44(28-32-49(55)61-50-22-8-12-24-56(50)66-62(61)63)65(40-17-5-2-6-18-40)42-30-34-60-52(36-42)48-21-10-14-26-58(48)68-60/h1-38H. The van der Waals surface area contributed by atoms with Gasteiger partial charge >= 0.3 is 0 Å². The molecule has 68 heavy (non-hydrogen) atoms. The Morgan fingerprint density at radius 1 is 0.309 bits per heavy atom. The van der Waals surface area contributed by atoms with Crippen molar-refractivity contribution in [1.29, 1.82) is 0 Å². The van der Waals surface area contributed by atoms with E-state index in [2.05, 4.69) is 240 Å². The Bertz CT molecular complexity index is 4180. The number of anilines is 6. The van der Waals surface area contributed by atoms with E-state index in [1.54, 1.807) is 0 Å². The lowest BCUT2D eigenvalue weighted by molar-refractivity contribution is 0.507. The SMILES string of the molecule is c1ccc(N(c2ccc3c(c2)C2(c4ccccc4-3)c3cc(N(c4ccccc4)c4ccc5sc6ccccc6c5c4)ccc3-c3c2oc2ccccc32)c2ccc3sc4ccccc4c3c2)cc1. The van der Waals surface area contributed by atoms with Gasteiger partial charge in [-0.05, 0) is 137 Å². The molecule has 318 valence electrons. The van der Waals surface area contributed by atoms with Crippen LogP contribution in [0.25, 0.3) is 73.6 Å². The van der Waals surface area contributed by atoms with E-state index in [9.17, 15) is 0 Å². The van der Waals surface area contributed by atoms with Gasteiger partial charge in [0.15, 0.2) is 0 Å². The molecule has 0 radical (unpaired) electrons. The fourth-order valence-corrected chi connectivity index (χ4v) is 13.8. The largest absolute Gasteiger partial charge is 0.459 e. The third kappa shape index (κ3) is 5.28. The van der Waals surface area contributed by atoms with Gasteiger partial charge in [0.25, 0.3) is 0 Å². The van der Waals surface area contributed by atoms with Gasteiger partial charge in [-0.25, -0.2) is 0 Å². The number of furan rings is 1. The zero-order valence-corrected chi connectivity index (χ0v) is 38.2. The molecular formula is C63H38N2OS2. The molecule has 3 heterocycles. The summed E-state index contributed by atoms with van der Waals surface area (Å²) in [7, 11) is 0. The van der Waals surface area contributed by atoms with Crippen molar-refractivity contribution < 1.29 is 4.42 Å². The molecule has 10 aromatic carbocycles. The maximum Gasteiger partial charge on any atom is 0.135 e. The predicted octanol–water partition coefficient (Wildman–Crippen LogP) is 18.5. The van der Waals surface area contributed by atoms with E-state index in [4.69, 9.17) is 4.42 Å². The summed E-state index contributed by atoms with van der Waals surface area (Å²) >= 11 is 3.71. The number of benzene rings is 10. The van der Waals surface area contributed by atoms with Crippen LogP contribution in [0.2, 0.25) is 0 Å². The van der Waals surface area contributed by atoms with Crippen molar-refractivity contribution in [3.8, 4) is 22.3 Å². The van der Waals surface area contributed by atoms with Crippen LogP contribution >= 0.6 is 22.7 Å². The van der Waals surface area contributed by atoms with Crippen molar-refractivity contribution in [3.05, 3.63) is 253 Å². The molecule has 0 amide bonds. The minimum absolute atomic E-state index is 0.757. The van der Waals surface area contributed by atoms with E-state index in [1.165, 1.54) is 79.3 Å². The van der Waals surface area contributed by atoms with Crippen LogP contribution in [-0.2, 0) is 5.41 Å². The lowest BCUT2D eigenvalue weighted by Gasteiger charge is -2.32. The third-order valence-corrected chi connectivity index (χ3v) is 16.7. The number of rotatable bonds is 6. The maximum atomic E-state index is 7.32. The summed E-state index contributed by atoms with van der Waals surface area (Å²) in [6.07, 6.45) is 0. The average Bonchev–Trinajstić information content (AvgIpc) is 4.20. The van der Waals surface area contributed by atoms with Crippen molar-refractivity contribution in [1.82, 2.24) is 0 Å². The fraction of sp³-hybridized carbons (Fsp3) is 0.0159. The van der Waals surface area contributed by atoms with Crippen LogP contribution in [-0.4, -0.2) is 0 Å². The molecule has 0 aliphatic heterocycles. The smallest absolute Gasteiger partial charge is 0.135 e. The average molecular weight is 903 g/mol. The van der Waals surface area contributed by atoms with Crippen LogP contribution in [0.5, 0.6) is 0 Å². The van der Waals surface area contributed by atoms with Gasteiger partial charge in [-0.15, -0.1) is 22.7 Å². The molecular weight excluding hydrogens is 865 g/mol. The van der Waals surface area contributed by atoms with E-state index in [0.29, 0.717) is 0 Å². The molecule has 2 aliphatic carbocycles. The zero-order valence-electron chi connectivity index (χ0n) is 36.6. The number of para-hydroxylation sites is 3. The van der Waals surface area contributed by atoms with Crippen LogP contribution in [0, 0.1) is 0 Å². The maximum absolute atomic E-state index is 7.32. The summed E-state index contributed by atoms with van der Waals surface area (Å²) in [6, 6.07) is 84.9. The molecule has 0 N–H and O–H groups in total. The second-order valence-corrected chi connectivity index (χ2v) is 20.1. The van der Waals surface area contributed by atoms with E-state index < -0.39 is 5.41 Å². The van der Waals surface area contributed by atoms with Gasteiger partial charge in [0.1, 0.15) is 16.8 Å². The summed E-state index contributed by atoms with van der Waals surface area (Å²) in [5, 5.41) is 6.25. The molecule has 5 heteroatoms. The van der Waals surface area contributed by atoms with E-state index >= 15 is 0 Å². The monoisotopic (exact) mass is 902 g/mol. The number of hydrogen-bond acceptors (Lipinski definition) is 5. The molecule has 1 unspecified atom stereocenters. The Balaban J connectivity index is 0.996. The van der Waals surface area contributed by atoms with E-state index in [-0.39, 0.29) is 0 Å². The van der Waals surface area contributed by atoms with Gasteiger partial charge in [-0.3, -0.25) is 0 Å². The van der Waals surface area contributed by atoms with Crippen LogP contribution in [0.3, 0.4) is 0 Å². The molecule has 0 saturated carbocycles. The Hall–Kier alpha value is -8.22. The zero-order chi connectivity index (χ0) is 44.5. The second kappa shape index (κ2) is 14.4. The summed E-state index contributed by atoms with van der Waals surface area (Å²) in [4.78, 5) is 4.85. The first kappa shape index (κ1) is 37.9. The van der Waals surface area contributed by atoms with Crippen LogP contribution in [0.4, 0.5) is 34.1 Å². The normalized spacial score (nSPS) is 14.5. The van der Waals surface area contributed by atoms with Crippen molar-refractivity contribution in [2.24, 2.45) is 0 Å². The Morgan fingerprint density at radius 2 is 0.750 bits per heavy atom. The van der Waals surface area contributed by atoms with Crippen LogP contribution < -0.4 is 9.80 Å². The van der Waals surface area contributed by atoms with Gasteiger partial charge in [0.2, 0.25) is 0 Å². The van der Waals surface area contributed by atoms with Crippen LogP contribution in [0.1, 0.15) is 22.5 Å². The first-order chi connectivity index (χ1) is 33.7. The molecule has 13 aromatic rings. The lowest BCUT2D eigenvalue weighted by Crippen LogP contribution is -2.26. The Kier molecular flexibility index (Phi) is 8.03. The van der Waals surface area contributed by atoms with Gasteiger partial charge < -0.3 is 14.2 Å².